The molecule has 0 bridgehead atoms. The monoisotopic (exact) mass is 292 g/mol. The van der Waals surface area contributed by atoms with Crippen molar-refractivity contribution in [2.45, 2.75) is 64.1 Å². The standard InChI is InChI=1S/C15H28N6/c1-4-12(2)13-9-16-15(7-5-6-8-15)11-21(13)10-14-17-19-20(3)18-14/h12-13,16H,4-11H2,1-3H3. The first-order valence-corrected chi connectivity index (χ1v) is 8.34. The third kappa shape index (κ3) is 3.11. The molecule has 2 aliphatic rings. The normalized spacial score (nSPS) is 27.3. The number of hydrogen-bond acceptors (Lipinski definition) is 5. The molecule has 1 aliphatic heterocycles. The molecule has 0 radical (unpaired) electrons. The van der Waals surface area contributed by atoms with E-state index in [1.807, 2.05) is 7.05 Å². The Morgan fingerprint density at radius 1 is 1.38 bits per heavy atom. The van der Waals surface area contributed by atoms with Crippen LogP contribution in [0.5, 0.6) is 0 Å². The molecular formula is C15H28N6. The summed E-state index contributed by atoms with van der Waals surface area (Å²) in [6.07, 6.45) is 6.55. The average Bonchev–Trinajstić information content (AvgIpc) is 3.08. The summed E-state index contributed by atoms with van der Waals surface area (Å²) in [6.45, 7) is 7.68. The SMILES string of the molecule is CCC(C)C1CNC2(CCCC2)CN1Cc1nnn(C)n1. The van der Waals surface area contributed by atoms with Gasteiger partial charge in [0.1, 0.15) is 0 Å². The van der Waals surface area contributed by atoms with E-state index in [1.165, 1.54) is 32.1 Å². The predicted octanol–water partition coefficient (Wildman–Crippen LogP) is 1.34. The predicted molar refractivity (Wildman–Crippen MR) is 81.7 cm³/mol. The van der Waals surface area contributed by atoms with Crippen LogP contribution in [0.2, 0.25) is 0 Å². The summed E-state index contributed by atoms with van der Waals surface area (Å²) in [7, 11) is 1.83. The van der Waals surface area contributed by atoms with Gasteiger partial charge in [-0.05, 0) is 24.0 Å². The Labute approximate surface area is 127 Å². The maximum Gasteiger partial charge on any atom is 0.188 e. The Balaban J connectivity index is 1.75. The fraction of sp³-hybridized carbons (Fsp3) is 0.933. The van der Waals surface area contributed by atoms with Crippen molar-refractivity contribution in [3.05, 3.63) is 5.82 Å². The summed E-state index contributed by atoms with van der Waals surface area (Å²) in [6, 6.07) is 0.574. The van der Waals surface area contributed by atoms with Crippen LogP contribution in [0.1, 0.15) is 51.8 Å². The maximum atomic E-state index is 4.37. The summed E-state index contributed by atoms with van der Waals surface area (Å²) < 4.78 is 0. The molecule has 6 nitrogen and oxygen atoms in total. The fourth-order valence-corrected chi connectivity index (χ4v) is 3.97. The minimum Gasteiger partial charge on any atom is -0.308 e. The molecule has 2 heterocycles. The first-order chi connectivity index (χ1) is 10.1. The van der Waals surface area contributed by atoms with Crippen LogP contribution in [0.25, 0.3) is 0 Å². The van der Waals surface area contributed by atoms with Gasteiger partial charge in [-0.25, -0.2) is 0 Å². The van der Waals surface area contributed by atoms with E-state index in [0.29, 0.717) is 17.5 Å². The molecule has 2 fully saturated rings. The molecule has 1 spiro atoms. The Morgan fingerprint density at radius 2 is 2.14 bits per heavy atom. The Morgan fingerprint density at radius 3 is 2.76 bits per heavy atom. The molecule has 0 amide bonds. The highest BCUT2D eigenvalue weighted by molar-refractivity contribution is 5.02. The molecule has 1 N–H and O–H groups in total. The van der Waals surface area contributed by atoms with Gasteiger partial charge in [-0.15, -0.1) is 10.2 Å². The zero-order valence-corrected chi connectivity index (χ0v) is 13.5. The third-order valence-electron chi connectivity index (χ3n) is 5.42. The van der Waals surface area contributed by atoms with Gasteiger partial charge >= 0.3 is 0 Å². The highest BCUT2D eigenvalue weighted by atomic mass is 15.6. The number of tetrazole rings is 1. The summed E-state index contributed by atoms with van der Waals surface area (Å²) in [5, 5.41) is 16.4. The van der Waals surface area contributed by atoms with Gasteiger partial charge in [-0.3, -0.25) is 4.90 Å². The zero-order valence-electron chi connectivity index (χ0n) is 13.5. The molecule has 21 heavy (non-hydrogen) atoms. The third-order valence-corrected chi connectivity index (χ3v) is 5.42. The lowest BCUT2D eigenvalue weighted by Gasteiger charge is -2.48. The van der Waals surface area contributed by atoms with Crippen LogP contribution in [0, 0.1) is 5.92 Å². The van der Waals surface area contributed by atoms with Crippen molar-refractivity contribution in [1.29, 1.82) is 0 Å². The van der Waals surface area contributed by atoms with Crippen molar-refractivity contribution in [1.82, 2.24) is 30.4 Å². The highest BCUT2D eigenvalue weighted by Gasteiger charge is 2.42. The molecule has 1 aromatic heterocycles. The molecule has 2 atom stereocenters. The second kappa shape index (κ2) is 6.01. The molecule has 1 aromatic rings. The van der Waals surface area contributed by atoms with Gasteiger partial charge in [0.15, 0.2) is 5.82 Å². The van der Waals surface area contributed by atoms with Gasteiger partial charge in [0.25, 0.3) is 0 Å². The molecule has 2 unspecified atom stereocenters. The number of aromatic nitrogens is 4. The number of hydrogen-bond donors (Lipinski definition) is 1. The summed E-state index contributed by atoms with van der Waals surface area (Å²) in [5.74, 6) is 1.54. The molecule has 118 valence electrons. The maximum absolute atomic E-state index is 4.37. The summed E-state index contributed by atoms with van der Waals surface area (Å²) in [5.41, 5.74) is 0.339. The lowest BCUT2D eigenvalue weighted by Crippen LogP contribution is -2.64. The Hall–Kier alpha value is -1.01. The molecule has 1 saturated carbocycles. The molecule has 1 aliphatic carbocycles. The number of rotatable bonds is 4. The molecular weight excluding hydrogens is 264 g/mol. The van der Waals surface area contributed by atoms with E-state index in [4.69, 9.17) is 0 Å². The van der Waals surface area contributed by atoms with Crippen molar-refractivity contribution in [2.75, 3.05) is 13.1 Å². The Bertz CT molecular complexity index is 464. The van der Waals surface area contributed by atoms with E-state index in [1.54, 1.807) is 4.80 Å². The second-order valence-corrected chi connectivity index (χ2v) is 6.92. The van der Waals surface area contributed by atoms with Crippen LogP contribution in [0.3, 0.4) is 0 Å². The van der Waals surface area contributed by atoms with Crippen molar-refractivity contribution in [2.24, 2.45) is 13.0 Å². The number of nitrogens with zero attached hydrogens (tertiary/aromatic N) is 5. The van der Waals surface area contributed by atoms with E-state index in [0.717, 1.165) is 25.5 Å². The minimum atomic E-state index is 0.339. The van der Waals surface area contributed by atoms with Crippen LogP contribution in [-0.2, 0) is 13.6 Å². The minimum absolute atomic E-state index is 0.339. The van der Waals surface area contributed by atoms with Crippen LogP contribution < -0.4 is 5.32 Å². The fourth-order valence-electron chi connectivity index (χ4n) is 3.97. The van der Waals surface area contributed by atoms with E-state index < -0.39 is 0 Å². The molecule has 0 aromatic carbocycles. The molecule has 6 heteroatoms. The number of piperazine rings is 1. The van der Waals surface area contributed by atoms with Crippen molar-refractivity contribution < 1.29 is 0 Å². The van der Waals surface area contributed by atoms with E-state index in [9.17, 15) is 0 Å². The van der Waals surface area contributed by atoms with Crippen molar-refractivity contribution in [3.8, 4) is 0 Å². The van der Waals surface area contributed by atoms with Crippen molar-refractivity contribution >= 4 is 0 Å². The van der Waals surface area contributed by atoms with Gasteiger partial charge in [0, 0.05) is 24.7 Å². The van der Waals surface area contributed by atoms with Gasteiger partial charge in [-0.1, -0.05) is 33.1 Å². The van der Waals surface area contributed by atoms with Gasteiger partial charge in [-0.2, -0.15) is 4.80 Å². The Kier molecular flexibility index (Phi) is 4.26. The van der Waals surface area contributed by atoms with Crippen LogP contribution in [0.15, 0.2) is 0 Å². The van der Waals surface area contributed by atoms with Gasteiger partial charge in [0.2, 0.25) is 0 Å². The van der Waals surface area contributed by atoms with Crippen LogP contribution in [-0.4, -0.2) is 49.8 Å². The summed E-state index contributed by atoms with van der Waals surface area (Å²) >= 11 is 0. The lowest BCUT2D eigenvalue weighted by molar-refractivity contribution is 0.0436. The first-order valence-electron chi connectivity index (χ1n) is 8.34. The average molecular weight is 292 g/mol. The summed E-state index contributed by atoms with van der Waals surface area (Å²) in [4.78, 5) is 4.16. The largest absolute Gasteiger partial charge is 0.308 e. The van der Waals surface area contributed by atoms with Gasteiger partial charge in [0.05, 0.1) is 13.6 Å². The quantitative estimate of drug-likeness (QED) is 0.907. The first kappa shape index (κ1) is 14.9. The number of nitrogens with one attached hydrogen (secondary N) is 1. The topological polar surface area (TPSA) is 58.9 Å². The zero-order chi connectivity index (χ0) is 14.9. The van der Waals surface area contributed by atoms with E-state index in [2.05, 4.69) is 39.5 Å². The smallest absolute Gasteiger partial charge is 0.188 e. The van der Waals surface area contributed by atoms with E-state index >= 15 is 0 Å². The number of aryl methyl sites for hydroxylation is 1. The van der Waals surface area contributed by atoms with Crippen LogP contribution >= 0.6 is 0 Å². The van der Waals surface area contributed by atoms with E-state index in [-0.39, 0.29) is 0 Å². The van der Waals surface area contributed by atoms with Gasteiger partial charge < -0.3 is 5.32 Å². The molecule has 1 saturated heterocycles. The van der Waals surface area contributed by atoms with Crippen molar-refractivity contribution in [3.63, 3.8) is 0 Å². The van der Waals surface area contributed by atoms with Crippen LogP contribution in [0.4, 0.5) is 0 Å². The second-order valence-electron chi connectivity index (χ2n) is 6.92. The lowest BCUT2D eigenvalue weighted by atomic mass is 9.87. The highest BCUT2D eigenvalue weighted by Crippen LogP contribution is 2.35. The molecule has 3 rings (SSSR count).